The van der Waals surface area contributed by atoms with Crippen LogP contribution in [0.3, 0.4) is 0 Å². The van der Waals surface area contributed by atoms with E-state index in [0.29, 0.717) is 11.8 Å². The van der Waals surface area contributed by atoms with Gasteiger partial charge in [0.25, 0.3) is 0 Å². The van der Waals surface area contributed by atoms with Crippen LogP contribution >= 0.6 is 0 Å². The Morgan fingerprint density at radius 3 is 1.80 bits per heavy atom. The third kappa shape index (κ3) is 5.81. The molecule has 0 aliphatic carbocycles. The van der Waals surface area contributed by atoms with Gasteiger partial charge in [0.1, 0.15) is 11.5 Å². The summed E-state index contributed by atoms with van der Waals surface area (Å²) in [5.41, 5.74) is 2.60. The summed E-state index contributed by atoms with van der Waals surface area (Å²) in [5, 5.41) is 0. The maximum atomic E-state index is 5.90. The van der Waals surface area contributed by atoms with E-state index >= 15 is 0 Å². The van der Waals surface area contributed by atoms with E-state index in [-0.39, 0.29) is 0 Å². The summed E-state index contributed by atoms with van der Waals surface area (Å²) in [6.45, 7) is 10.4. The molecule has 0 aliphatic heterocycles. The summed E-state index contributed by atoms with van der Waals surface area (Å²) in [6, 6.07) is 17.1. The second-order valence-electron chi connectivity index (χ2n) is 6.92. The normalized spacial score (nSPS) is 12.2. The van der Waals surface area contributed by atoms with E-state index in [0.717, 1.165) is 44.0 Å². The number of benzene rings is 2. The zero-order valence-electron chi connectivity index (χ0n) is 16.1. The number of ether oxygens (including phenoxy) is 2. The molecule has 1 atom stereocenters. The summed E-state index contributed by atoms with van der Waals surface area (Å²) in [4.78, 5) is 0. The van der Waals surface area contributed by atoms with Crippen molar-refractivity contribution in [3.8, 4) is 11.5 Å². The van der Waals surface area contributed by atoms with Gasteiger partial charge in [-0.3, -0.25) is 0 Å². The molecule has 2 rings (SSSR count). The van der Waals surface area contributed by atoms with Gasteiger partial charge in [-0.15, -0.1) is 0 Å². The van der Waals surface area contributed by atoms with Crippen molar-refractivity contribution in [3.05, 3.63) is 59.7 Å². The fourth-order valence-corrected chi connectivity index (χ4v) is 3.11. The van der Waals surface area contributed by atoms with Gasteiger partial charge in [0.15, 0.2) is 0 Å². The van der Waals surface area contributed by atoms with Gasteiger partial charge in [-0.1, -0.05) is 58.4 Å². The lowest BCUT2D eigenvalue weighted by molar-refractivity contribution is 0.309. The highest BCUT2D eigenvalue weighted by molar-refractivity contribution is 5.40. The van der Waals surface area contributed by atoms with Crippen LogP contribution < -0.4 is 9.47 Å². The largest absolute Gasteiger partial charge is 0.494 e. The van der Waals surface area contributed by atoms with E-state index in [4.69, 9.17) is 9.47 Å². The third-order valence-corrected chi connectivity index (χ3v) is 4.34. The first-order chi connectivity index (χ1) is 12.2. The van der Waals surface area contributed by atoms with Crippen molar-refractivity contribution in [1.82, 2.24) is 0 Å². The van der Waals surface area contributed by atoms with Crippen molar-refractivity contribution in [1.29, 1.82) is 0 Å². The number of unbranched alkanes of at least 4 members (excludes halogenated alkanes) is 1. The Bertz CT molecular complexity index is 633. The Morgan fingerprint density at radius 1 is 0.760 bits per heavy atom. The van der Waals surface area contributed by atoms with E-state index in [2.05, 4.69) is 70.2 Å². The van der Waals surface area contributed by atoms with Crippen molar-refractivity contribution in [2.24, 2.45) is 5.92 Å². The quantitative estimate of drug-likeness (QED) is 0.463. The molecule has 0 bridgehead atoms. The summed E-state index contributed by atoms with van der Waals surface area (Å²) in [6.07, 6.45) is 3.27. The molecule has 2 heteroatoms. The van der Waals surface area contributed by atoms with E-state index in [1.165, 1.54) is 11.1 Å². The molecular formula is C23H32O2. The predicted octanol–water partition coefficient (Wildman–Crippen LogP) is 6.44. The monoisotopic (exact) mass is 340 g/mol. The first-order valence-corrected chi connectivity index (χ1v) is 9.61. The molecule has 0 aromatic heterocycles. The smallest absolute Gasteiger partial charge is 0.119 e. The lowest BCUT2D eigenvalue weighted by atomic mass is 9.82. The highest BCUT2D eigenvalue weighted by atomic mass is 16.5. The lowest BCUT2D eigenvalue weighted by Crippen LogP contribution is -2.09. The minimum Gasteiger partial charge on any atom is -0.494 e. The van der Waals surface area contributed by atoms with Gasteiger partial charge in [-0.25, -0.2) is 0 Å². The van der Waals surface area contributed by atoms with E-state index in [9.17, 15) is 0 Å². The van der Waals surface area contributed by atoms with Gasteiger partial charge in [-0.2, -0.15) is 0 Å². The zero-order valence-corrected chi connectivity index (χ0v) is 16.1. The van der Waals surface area contributed by atoms with Crippen LogP contribution in [0.4, 0.5) is 0 Å². The second kappa shape index (κ2) is 10.1. The summed E-state index contributed by atoms with van der Waals surface area (Å²) >= 11 is 0. The van der Waals surface area contributed by atoms with Crippen molar-refractivity contribution >= 4 is 0 Å². The summed E-state index contributed by atoms with van der Waals surface area (Å²) in [5.74, 6) is 2.75. The number of rotatable bonds is 10. The SMILES string of the molecule is CCCCOc1cccc(C(c2cccc(OCCC)c2)C(C)C)c1. The number of hydrogen-bond donors (Lipinski definition) is 0. The molecule has 0 N–H and O–H groups in total. The molecule has 0 aliphatic rings. The molecule has 0 amide bonds. The average molecular weight is 341 g/mol. The molecule has 2 nitrogen and oxygen atoms in total. The van der Waals surface area contributed by atoms with Gasteiger partial charge < -0.3 is 9.47 Å². The van der Waals surface area contributed by atoms with Crippen LogP contribution in [0.2, 0.25) is 0 Å². The van der Waals surface area contributed by atoms with Crippen molar-refractivity contribution in [2.45, 2.75) is 52.9 Å². The van der Waals surface area contributed by atoms with Crippen LogP contribution in [-0.2, 0) is 0 Å². The fourth-order valence-electron chi connectivity index (χ4n) is 3.11. The molecule has 0 saturated heterocycles. The Hall–Kier alpha value is -1.96. The van der Waals surface area contributed by atoms with Crippen LogP contribution in [0.1, 0.15) is 64.0 Å². The summed E-state index contributed by atoms with van der Waals surface area (Å²) in [7, 11) is 0. The fraction of sp³-hybridized carbons (Fsp3) is 0.478. The first-order valence-electron chi connectivity index (χ1n) is 9.61. The van der Waals surface area contributed by atoms with Crippen LogP contribution in [0.25, 0.3) is 0 Å². The molecule has 0 saturated carbocycles. The lowest BCUT2D eigenvalue weighted by Gasteiger charge is -2.23. The Morgan fingerprint density at radius 2 is 1.32 bits per heavy atom. The minimum absolute atomic E-state index is 0.333. The van der Waals surface area contributed by atoms with E-state index in [1.807, 2.05) is 6.07 Å². The van der Waals surface area contributed by atoms with Crippen LogP contribution in [0, 0.1) is 5.92 Å². The molecule has 0 radical (unpaired) electrons. The van der Waals surface area contributed by atoms with Crippen molar-refractivity contribution in [2.75, 3.05) is 13.2 Å². The van der Waals surface area contributed by atoms with Gasteiger partial charge in [0, 0.05) is 5.92 Å². The van der Waals surface area contributed by atoms with Gasteiger partial charge in [0.2, 0.25) is 0 Å². The van der Waals surface area contributed by atoms with Crippen LogP contribution in [0.15, 0.2) is 48.5 Å². The highest BCUT2D eigenvalue weighted by Crippen LogP contribution is 2.35. The average Bonchev–Trinajstić information content (AvgIpc) is 2.61. The molecule has 25 heavy (non-hydrogen) atoms. The highest BCUT2D eigenvalue weighted by Gasteiger charge is 2.19. The minimum atomic E-state index is 0.333. The third-order valence-electron chi connectivity index (χ3n) is 4.34. The van der Waals surface area contributed by atoms with Crippen molar-refractivity contribution in [3.63, 3.8) is 0 Å². The standard InChI is InChI=1S/C23H32O2/c1-5-7-15-25-22-13-9-11-20(17-22)23(18(3)4)19-10-8-12-21(16-19)24-14-6-2/h8-13,16-18,23H,5-7,14-15H2,1-4H3. The molecule has 2 aromatic carbocycles. The predicted molar refractivity (Wildman–Crippen MR) is 106 cm³/mol. The van der Waals surface area contributed by atoms with E-state index in [1.54, 1.807) is 0 Å². The molecular weight excluding hydrogens is 308 g/mol. The zero-order chi connectivity index (χ0) is 18.1. The maximum Gasteiger partial charge on any atom is 0.119 e. The van der Waals surface area contributed by atoms with Crippen LogP contribution in [-0.4, -0.2) is 13.2 Å². The molecule has 0 heterocycles. The van der Waals surface area contributed by atoms with Crippen molar-refractivity contribution < 1.29 is 9.47 Å². The molecule has 0 fully saturated rings. The maximum absolute atomic E-state index is 5.90. The second-order valence-corrected chi connectivity index (χ2v) is 6.92. The Labute approximate surface area is 153 Å². The molecule has 1 unspecified atom stereocenters. The summed E-state index contributed by atoms with van der Waals surface area (Å²) < 4.78 is 11.7. The molecule has 0 spiro atoms. The van der Waals surface area contributed by atoms with Gasteiger partial charge in [0.05, 0.1) is 13.2 Å². The van der Waals surface area contributed by atoms with Crippen LogP contribution in [0.5, 0.6) is 11.5 Å². The van der Waals surface area contributed by atoms with Gasteiger partial charge in [-0.05, 0) is 54.2 Å². The number of hydrogen-bond acceptors (Lipinski definition) is 2. The Balaban J connectivity index is 2.24. The molecule has 136 valence electrons. The van der Waals surface area contributed by atoms with Gasteiger partial charge >= 0.3 is 0 Å². The van der Waals surface area contributed by atoms with E-state index < -0.39 is 0 Å². The first kappa shape index (κ1) is 19.4. The Kier molecular flexibility index (Phi) is 7.84. The molecule has 2 aromatic rings. The topological polar surface area (TPSA) is 18.5 Å².